The molecule has 2 N–H and O–H groups in total. The second-order valence-electron chi connectivity index (χ2n) is 1.93. The van der Waals surface area contributed by atoms with Crippen LogP contribution < -0.4 is 11.0 Å². The number of aryl methyl sites for hydroxylation is 1. The standard InChI is InChI=1S/C6H9N2P/c1-4-2-3-8-6(7)5(4)9/h2-3H,9H2,1H3,(H2,7,8). The Balaban J connectivity index is 3.25. The van der Waals surface area contributed by atoms with Gasteiger partial charge < -0.3 is 5.73 Å². The van der Waals surface area contributed by atoms with Crippen molar-refractivity contribution in [2.24, 2.45) is 0 Å². The van der Waals surface area contributed by atoms with Gasteiger partial charge in [0.25, 0.3) is 0 Å². The molecule has 0 bridgehead atoms. The minimum Gasteiger partial charge on any atom is -0.383 e. The van der Waals surface area contributed by atoms with Gasteiger partial charge in [0.2, 0.25) is 0 Å². The lowest BCUT2D eigenvalue weighted by molar-refractivity contribution is 1.32. The number of aromatic nitrogens is 1. The second-order valence-corrected chi connectivity index (χ2v) is 2.50. The van der Waals surface area contributed by atoms with Crippen LogP contribution in [0.2, 0.25) is 0 Å². The summed E-state index contributed by atoms with van der Waals surface area (Å²) in [5.74, 6) is 0.597. The van der Waals surface area contributed by atoms with Gasteiger partial charge in [-0.2, -0.15) is 0 Å². The molecule has 0 saturated heterocycles. The van der Waals surface area contributed by atoms with Gasteiger partial charge in [0.1, 0.15) is 5.82 Å². The first-order valence-electron chi connectivity index (χ1n) is 2.68. The predicted molar refractivity (Wildman–Crippen MR) is 42.7 cm³/mol. The molecule has 48 valence electrons. The van der Waals surface area contributed by atoms with Gasteiger partial charge in [0, 0.05) is 11.5 Å². The molecule has 0 fully saturated rings. The molecule has 2 nitrogen and oxygen atoms in total. The molecule has 1 rings (SSSR count). The molecule has 0 aliphatic heterocycles. The predicted octanol–water partition coefficient (Wildman–Crippen LogP) is 0.473. The van der Waals surface area contributed by atoms with Gasteiger partial charge in [0.05, 0.1) is 0 Å². The fourth-order valence-electron chi connectivity index (χ4n) is 0.591. The lowest BCUT2D eigenvalue weighted by Crippen LogP contribution is -2.06. The zero-order valence-electron chi connectivity index (χ0n) is 5.26. The van der Waals surface area contributed by atoms with Crippen molar-refractivity contribution < 1.29 is 0 Å². The molecule has 1 aromatic rings. The summed E-state index contributed by atoms with van der Waals surface area (Å²) in [6.45, 7) is 2.00. The summed E-state index contributed by atoms with van der Waals surface area (Å²) in [5, 5.41) is 0.998. The third-order valence-electron chi connectivity index (χ3n) is 1.24. The van der Waals surface area contributed by atoms with E-state index in [-0.39, 0.29) is 0 Å². The molecule has 0 amide bonds. The first kappa shape index (κ1) is 6.50. The van der Waals surface area contributed by atoms with Crippen molar-refractivity contribution in [3.63, 3.8) is 0 Å². The average Bonchev–Trinajstić information content (AvgIpc) is 1.83. The van der Waals surface area contributed by atoms with Gasteiger partial charge >= 0.3 is 0 Å². The molecule has 0 saturated carbocycles. The van der Waals surface area contributed by atoms with Crippen molar-refractivity contribution in [1.82, 2.24) is 4.98 Å². The Labute approximate surface area is 56.7 Å². The highest BCUT2D eigenvalue weighted by molar-refractivity contribution is 7.28. The summed E-state index contributed by atoms with van der Waals surface area (Å²) >= 11 is 0. The second kappa shape index (κ2) is 2.32. The third kappa shape index (κ3) is 1.19. The van der Waals surface area contributed by atoms with E-state index < -0.39 is 0 Å². The van der Waals surface area contributed by atoms with Crippen LogP contribution in [-0.2, 0) is 0 Å². The van der Waals surface area contributed by atoms with Crippen molar-refractivity contribution in [3.05, 3.63) is 17.8 Å². The third-order valence-corrected chi connectivity index (χ3v) is 1.99. The van der Waals surface area contributed by atoms with Gasteiger partial charge in [0.15, 0.2) is 0 Å². The summed E-state index contributed by atoms with van der Waals surface area (Å²) in [5.41, 5.74) is 6.65. The van der Waals surface area contributed by atoms with Crippen molar-refractivity contribution in [2.45, 2.75) is 6.92 Å². The van der Waals surface area contributed by atoms with Crippen molar-refractivity contribution in [2.75, 3.05) is 5.73 Å². The summed E-state index contributed by atoms with van der Waals surface area (Å²) in [7, 11) is 2.56. The van der Waals surface area contributed by atoms with Crippen LogP contribution in [0.1, 0.15) is 5.56 Å². The van der Waals surface area contributed by atoms with Crippen LogP contribution in [0.3, 0.4) is 0 Å². The quantitative estimate of drug-likeness (QED) is 0.532. The Hall–Kier alpha value is -0.620. The van der Waals surface area contributed by atoms with Crippen LogP contribution in [0.15, 0.2) is 12.3 Å². The van der Waals surface area contributed by atoms with Gasteiger partial charge in [-0.1, -0.05) is 0 Å². The van der Waals surface area contributed by atoms with Crippen LogP contribution in [0.4, 0.5) is 5.82 Å². The zero-order chi connectivity index (χ0) is 6.85. The first-order chi connectivity index (χ1) is 4.22. The lowest BCUT2D eigenvalue weighted by Gasteiger charge is -1.99. The largest absolute Gasteiger partial charge is 0.383 e. The van der Waals surface area contributed by atoms with E-state index in [1.165, 1.54) is 0 Å². The van der Waals surface area contributed by atoms with Crippen LogP contribution in [0.25, 0.3) is 0 Å². The molecule has 3 heteroatoms. The normalized spacial score (nSPS) is 9.56. The minimum atomic E-state index is 0.597. The molecule has 1 unspecified atom stereocenters. The Morgan fingerprint density at radius 2 is 2.33 bits per heavy atom. The molecule has 1 aromatic heterocycles. The summed E-state index contributed by atoms with van der Waals surface area (Å²) < 4.78 is 0. The Kier molecular flexibility index (Phi) is 1.68. The molecule has 0 spiro atoms. The van der Waals surface area contributed by atoms with E-state index >= 15 is 0 Å². The average molecular weight is 140 g/mol. The SMILES string of the molecule is Cc1ccnc(N)c1P. The van der Waals surface area contributed by atoms with Crippen LogP contribution in [-0.4, -0.2) is 4.98 Å². The number of hydrogen-bond acceptors (Lipinski definition) is 2. The number of anilines is 1. The molecule has 1 atom stereocenters. The number of nitrogen functional groups attached to an aromatic ring is 1. The number of nitrogens with two attached hydrogens (primary N) is 1. The molecular weight excluding hydrogens is 131 g/mol. The fourth-order valence-corrected chi connectivity index (χ4v) is 0.761. The smallest absolute Gasteiger partial charge is 0.130 e. The maximum atomic E-state index is 5.49. The molecule has 0 radical (unpaired) electrons. The first-order valence-corrected chi connectivity index (χ1v) is 3.26. The van der Waals surface area contributed by atoms with Crippen LogP contribution >= 0.6 is 9.24 Å². The maximum absolute atomic E-state index is 5.49. The summed E-state index contributed by atoms with van der Waals surface area (Å²) in [4.78, 5) is 3.90. The van der Waals surface area contributed by atoms with Gasteiger partial charge in [-0.15, -0.1) is 9.24 Å². The highest BCUT2D eigenvalue weighted by Gasteiger charge is 1.94. The van der Waals surface area contributed by atoms with E-state index in [1.54, 1.807) is 6.20 Å². The number of rotatable bonds is 0. The van der Waals surface area contributed by atoms with Crippen molar-refractivity contribution >= 4 is 20.4 Å². The molecule has 0 aliphatic rings. The van der Waals surface area contributed by atoms with Crippen LogP contribution in [0.5, 0.6) is 0 Å². The van der Waals surface area contributed by atoms with Crippen LogP contribution in [0, 0.1) is 6.92 Å². The maximum Gasteiger partial charge on any atom is 0.130 e. The molecule has 0 aliphatic carbocycles. The Bertz CT molecular complexity index is 202. The van der Waals surface area contributed by atoms with Gasteiger partial charge in [-0.05, 0) is 18.6 Å². The number of nitrogens with zero attached hydrogens (tertiary/aromatic N) is 1. The molecule has 0 aromatic carbocycles. The summed E-state index contributed by atoms with van der Waals surface area (Å²) in [6, 6.07) is 1.93. The van der Waals surface area contributed by atoms with E-state index in [0.29, 0.717) is 5.82 Å². The molecule has 1 heterocycles. The summed E-state index contributed by atoms with van der Waals surface area (Å²) in [6.07, 6.45) is 1.71. The van der Waals surface area contributed by atoms with E-state index in [9.17, 15) is 0 Å². The van der Waals surface area contributed by atoms with E-state index in [1.807, 2.05) is 13.0 Å². The highest BCUT2D eigenvalue weighted by Crippen LogP contribution is 2.02. The highest BCUT2D eigenvalue weighted by atomic mass is 31.0. The lowest BCUT2D eigenvalue weighted by atomic mass is 10.3. The Morgan fingerprint density at radius 3 is 2.78 bits per heavy atom. The van der Waals surface area contributed by atoms with E-state index in [2.05, 4.69) is 14.2 Å². The monoisotopic (exact) mass is 140 g/mol. The molecular formula is C6H9N2P. The minimum absolute atomic E-state index is 0.597. The Morgan fingerprint density at radius 1 is 1.67 bits per heavy atom. The van der Waals surface area contributed by atoms with Crippen molar-refractivity contribution in [1.29, 1.82) is 0 Å². The van der Waals surface area contributed by atoms with Crippen molar-refractivity contribution in [3.8, 4) is 0 Å². The number of pyridine rings is 1. The van der Waals surface area contributed by atoms with Gasteiger partial charge in [-0.3, -0.25) is 0 Å². The van der Waals surface area contributed by atoms with E-state index in [0.717, 1.165) is 10.9 Å². The molecule has 9 heavy (non-hydrogen) atoms. The topological polar surface area (TPSA) is 38.9 Å². The number of hydrogen-bond donors (Lipinski definition) is 1. The van der Waals surface area contributed by atoms with E-state index in [4.69, 9.17) is 5.73 Å². The van der Waals surface area contributed by atoms with Gasteiger partial charge in [-0.25, -0.2) is 4.98 Å². The fraction of sp³-hybridized carbons (Fsp3) is 0.167. The zero-order valence-corrected chi connectivity index (χ0v) is 6.41.